The van der Waals surface area contributed by atoms with Crippen molar-refractivity contribution in [1.82, 2.24) is 4.90 Å². The summed E-state index contributed by atoms with van der Waals surface area (Å²) < 4.78 is 0. The standard InChI is InChI=1S/C15H28N2OS/c1-11(2)9-10-17(12-7-5-6-8-12)14(18)15(3,4)13(16)19/h11-12H,5-10H2,1-4H3,(H2,16,19). The average Bonchev–Trinajstić information content (AvgIpc) is 2.82. The summed E-state index contributed by atoms with van der Waals surface area (Å²) >= 11 is 5.07. The summed E-state index contributed by atoms with van der Waals surface area (Å²) in [4.78, 5) is 15.1. The Morgan fingerprint density at radius 2 is 1.89 bits per heavy atom. The third kappa shape index (κ3) is 4.16. The molecule has 0 aromatic rings. The number of hydrogen-bond acceptors (Lipinski definition) is 2. The van der Waals surface area contributed by atoms with Gasteiger partial charge in [0.1, 0.15) is 0 Å². The van der Waals surface area contributed by atoms with E-state index in [0.717, 1.165) is 25.8 Å². The summed E-state index contributed by atoms with van der Waals surface area (Å²) in [6.07, 6.45) is 5.73. The Morgan fingerprint density at radius 1 is 1.37 bits per heavy atom. The van der Waals surface area contributed by atoms with Crippen LogP contribution in [-0.4, -0.2) is 28.4 Å². The molecule has 1 amide bonds. The van der Waals surface area contributed by atoms with Crippen molar-refractivity contribution in [3.63, 3.8) is 0 Å². The molecule has 19 heavy (non-hydrogen) atoms. The Hall–Kier alpha value is -0.640. The second-order valence-corrected chi connectivity index (χ2v) is 7.05. The van der Waals surface area contributed by atoms with Crippen LogP contribution in [-0.2, 0) is 4.79 Å². The number of amides is 1. The number of rotatable bonds is 6. The Labute approximate surface area is 122 Å². The van der Waals surface area contributed by atoms with Gasteiger partial charge in [0, 0.05) is 12.6 Å². The fraction of sp³-hybridized carbons (Fsp3) is 0.867. The summed E-state index contributed by atoms with van der Waals surface area (Å²) in [5, 5.41) is 0. The van der Waals surface area contributed by atoms with E-state index < -0.39 is 5.41 Å². The van der Waals surface area contributed by atoms with Crippen molar-refractivity contribution in [1.29, 1.82) is 0 Å². The van der Waals surface area contributed by atoms with Crippen LogP contribution in [0.4, 0.5) is 0 Å². The summed E-state index contributed by atoms with van der Waals surface area (Å²) in [5.74, 6) is 0.706. The van der Waals surface area contributed by atoms with Gasteiger partial charge in [-0.05, 0) is 39.0 Å². The van der Waals surface area contributed by atoms with Crippen molar-refractivity contribution < 1.29 is 4.79 Å². The zero-order valence-electron chi connectivity index (χ0n) is 12.7. The highest BCUT2D eigenvalue weighted by Gasteiger charge is 2.38. The molecule has 0 radical (unpaired) electrons. The molecule has 0 spiro atoms. The van der Waals surface area contributed by atoms with Gasteiger partial charge in [0.2, 0.25) is 5.91 Å². The lowest BCUT2D eigenvalue weighted by atomic mass is 9.90. The molecule has 0 atom stereocenters. The van der Waals surface area contributed by atoms with Gasteiger partial charge < -0.3 is 10.6 Å². The predicted molar refractivity (Wildman–Crippen MR) is 84.0 cm³/mol. The van der Waals surface area contributed by atoms with Crippen molar-refractivity contribution >= 4 is 23.1 Å². The molecular formula is C15H28N2OS. The first-order valence-electron chi connectivity index (χ1n) is 7.37. The fourth-order valence-corrected chi connectivity index (χ4v) is 2.61. The van der Waals surface area contributed by atoms with Gasteiger partial charge in [-0.1, -0.05) is 38.9 Å². The molecule has 1 aliphatic carbocycles. The topological polar surface area (TPSA) is 46.3 Å². The van der Waals surface area contributed by atoms with Crippen LogP contribution in [0, 0.1) is 11.3 Å². The molecule has 1 saturated carbocycles. The second kappa shape index (κ2) is 6.69. The molecule has 1 rings (SSSR count). The zero-order valence-corrected chi connectivity index (χ0v) is 13.6. The molecule has 0 aromatic heterocycles. The number of thiocarbonyl (C=S) groups is 1. The number of hydrogen-bond donors (Lipinski definition) is 1. The highest BCUT2D eigenvalue weighted by molar-refractivity contribution is 7.80. The summed E-state index contributed by atoms with van der Waals surface area (Å²) in [6, 6.07) is 0.389. The van der Waals surface area contributed by atoms with E-state index in [4.69, 9.17) is 18.0 Å². The Bertz CT molecular complexity index is 333. The van der Waals surface area contributed by atoms with E-state index in [-0.39, 0.29) is 5.91 Å². The van der Waals surface area contributed by atoms with Gasteiger partial charge in [0.25, 0.3) is 0 Å². The molecule has 0 heterocycles. The van der Waals surface area contributed by atoms with Gasteiger partial charge in [-0.2, -0.15) is 0 Å². The molecule has 1 aliphatic rings. The first kappa shape index (κ1) is 16.4. The Kier molecular flexibility index (Phi) is 5.78. The van der Waals surface area contributed by atoms with Crippen molar-refractivity contribution in [2.75, 3.05) is 6.54 Å². The molecule has 110 valence electrons. The smallest absolute Gasteiger partial charge is 0.235 e. The van der Waals surface area contributed by atoms with Crippen molar-refractivity contribution in [2.24, 2.45) is 17.1 Å². The monoisotopic (exact) mass is 284 g/mol. The minimum atomic E-state index is -0.727. The van der Waals surface area contributed by atoms with Gasteiger partial charge in [0.15, 0.2) is 0 Å². The van der Waals surface area contributed by atoms with Crippen LogP contribution in [0.1, 0.15) is 59.8 Å². The van der Waals surface area contributed by atoms with Crippen LogP contribution in [0.25, 0.3) is 0 Å². The lowest BCUT2D eigenvalue weighted by Gasteiger charge is -2.36. The van der Waals surface area contributed by atoms with Crippen molar-refractivity contribution in [2.45, 2.75) is 65.8 Å². The minimum absolute atomic E-state index is 0.104. The van der Waals surface area contributed by atoms with E-state index in [9.17, 15) is 4.79 Å². The highest BCUT2D eigenvalue weighted by Crippen LogP contribution is 2.29. The molecular weight excluding hydrogens is 256 g/mol. The Morgan fingerprint density at radius 3 is 2.32 bits per heavy atom. The molecule has 0 aromatic carbocycles. The largest absolute Gasteiger partial charge is 0.392 e. The van der Waals surface area contributed by atoms with Crippen LogP contribution >= 0.6 is 12.2 Å². The van der Waals surface area contributed by atoms with Crippen LogP contribution in [0.3, 0.4) is 0 Å². The van der Waals surface area contributed by atoms with Crippen molar-refractivity contribution in [3.8, 4) is 0 Å². The SMILES string of the molecule is CC(C)CCN(C(=O)C(C)(C)C(N)=S)C1CCCC1. The molecule has 0 saturated heterocycles. The summed E-state index contributed by atoms with van der Waals surface area (Å²) in [5.41, 5.74) is 5.02. The summed E-state index contributed by atoms with van der Waals surface area (Å²) in [6.45, 7) is 8.89. The van der Waals surface area contributed by atoms with Gasteiger partial charge in [0.05, 0.1) is 10.4 Å². The number of carbonyl (C=O) groups is 1. The predicted octanol–water partition coefficient (Wildman–Crippen LogP) is 3.12. The molecule has 0 aliphatic heterocycles. The second-order valence-electron chi connectivity index (χ2n) is 6.61. The zero-order chi connectivity index (χ0) is 14.6. The first-order valence-corrected chi connectivity index (χ1v) is 7.78. The lowest BCUT2D eigenvalue weighted by Crippen LogP contribution is -2.50. The van der Waals surface area contributed by atoms with E-state index in [1.165, 1.54) is 12.8 Å². The molecule has 1 fully saturated rings. The average molecular weight is 284 g/mol. The minimum Gasteiger partial charge on any atom is -0.392 e. The third-order valence-electron chi connectivity index (χ3n) is 4.12. The van der Waals surface area contributed by atoms with Gasteiger partial charge in [-0.15, -0.1) is 0 Å². The van der Waals surface area contributed by atoms with Gasteiger partial charge in [-0.3, -0.25) is 4.79 Å². The van der Waals surface area contributed by atoms with Crippen LogP contribution in [0.15, 0.2) is 0 Å². The number of nitrogens with zero attached hydrogens (tertiary/aromatic N) is 1. The van der Waals surface area contributed by atoms with Gasteiger partial charge >= 0.3 is 0 Å². The van der Waals surface area contributed by atoms with Crippen LogP contribution in [0.2, 0.25) is 0 Å². The van der Waals surface area contributed by atoms with E-state index in [1.54, 1.807) is 0 Å². The normalized spacial score (nSPS) is 16.9. The highest BCUT2D eigenvalue weighted by atomic mass is 32.1. The van der Waals surface area contributed by atoms with E-state index >= 15 is 0 Å². The first-order chi connectivity index (χ1) is 8.76. The number of carbonyl (C=O) groups excluding carboxylic acids is 1. The molecule has 2 N–H and O–H groups in total. The van der Waals surface area contributed by atoms with E-state index in [2.05, 4.69) is 13.8 Å². The molecule has 3 nitrogen and oxygen atoms in total. The maximum absolute atomic E-state index is 12.8. The van der Waals surface area contributed by atoms with Crippen LogP contribution in [0.5, 0.6) is 0 Å². The van der Waals surface area contributed by atoms with E-state index in [1.807, 2.05) is 18.7 Å². The van der Waals surface area contributed by atoms with E-state index in [0.29, 0.717) is 16.9 Å². The third-order valence-corrected chi connectivity index (χ3v) is 4.63. The maximum atomic E-state index is 12.8. The quantitative estimate of drug-likeness (QED) is 0.762. The molecule has 0 bridgehead atoms. The maximum Gasteiger partial charge on any atom is 0.235 e. The molecule has 0 unspecified atom stereocenters. The lowest BCUT2D eigenvalue weighted by molar-refractivity contribution is -0.139. The number of nitrogens with two attached hydrogens (primary N) is 1. The van der Waals surface area contributed by atoms with Crippen LogP contribution < -0.4 is 5.73 Å². The fourth-order valence-electron chi connectivity index (χ4n) is 2.53. The van der Waals surface area contributed by atoms with Gasteiger partial charge in [-0.25, -0.2) is 0 Å². The Balaban J connectivity index is 2.82. The van der Waals surface area contributed by atoms with Crippen molar-refractivity contribution in [3.05, 3.63) is 0 Å². The summed E-state index contributed by atoms with van der Waals surface area (Å²) in [7, 11) is 0. The molecule has 4 heteroatoms.